The summed E-state index contributed by atoms with van der Waals surface area (Å²) in [5.74, 6) is -16.5. The third-order valence-electron chi connectivity index (χ3n) is 12.5. The Kier molecular flexibility index (Phi) is 32.2. The van der Waals surface area contributed by atoms with Crippen molar-refractivity contribution in [3.05, 3.63) is 0 Å². The molecule has 0 unspecified atom stereocenters. The van der Waals surface area contributed by atoms with Gasteiger partial charge in [-0.1, -0.05) is 82.1 Å². The summed E-state index contributed by atoms with van der Waals surface area (Å²) < 4.78 is 0. The first-order chi connectivity index (χ1) is 36.2. The molecular formula is C49H85N11O18. The summed E-state index contributed by atoms with van der Waals surface area (Å²) in [5, 5.41) is 70.1. The van der Waals surface area contributed by atoms with E-state index in [9.17, 15) is 82.8 Å². The molecule has 29 heteroatoms. The van der Waals surface area contributed by atoms with Gasteiger partial charge in [-0.05, 0) is 55.3 Å². The van der Waals surface area contributed by atoms with Gasteiger partial charge in [0, 0.05) is 12.8 Å². The average molecular weight is 1120 g/mol. The first-order valence-corrected chi connectivity index (χ1v) is 25.9. The van der Waals surface area contributed by atoms with Crippen LogP contribution in [0.5, 0.6) is 0 Å². The minimum absolute atomic E-state index is 0.000413. The fourth-order valence-corrected chi connectivity index (χ4v) is 7.45. The van der Waals surface area contributed by atoms with Gasteiger partial charge in [0.25, 0.3) is 0 Å². The van der Waals surface area contributed by atoms with Crippen molar-refractivity contribution in [3.8, 4) is 0 Å². The monoisotopic (exact) mass is 1120 g/mol. The number of hydrogen-bond acceptors (Lipinski definition) is 16. The van der Waals surface area contributed by atoms with Crippen LogP contribution in [-0.4, -0.2) is 176 Å². The molecular weight excluding hydrogens is 1030 g/mol. The molecule has 0 saturated carbocycles. The number of hydrogen-bond donors (Lipinski definition) is 16. The topological polar surface area (TPSA) is 483 Å². The number of aliphatic carboxylic acids is 3. The second-order valence-corrected chi connectivity index (χ2v) is 20.4. The highest BCUT2D eigenvalue weighted by molar-refractivity contribution is 5.99. The maximum atomic E-state index is 13.9. The van der Waals surface area contributed by atoms with E-state index in [1.807, 2.05) is 0 Å². The fourth-order valence-electron chi connectivity index (χ4n) is 7.45. The predicted molar refractivity (Wildman–Crippen MR) is 277 cm³/mol. The Balaban J connectivity index is 6.46. The Morgan fingerprint density at radius 1 is 0.410 bits per heavy atom. The molecule has 0 aromatic heterocycles. The van der Waals surface area contributed by atoms with Gasteiger partial charge in [-0.2, -0.15) is 0 Å². The summed E-state index contributed by atoms with van der Waals surface area (Å²) in [4.78, 5) is 168. The van der Waals surface area contributed by atoms with Crippen LogP contribution in [0.2, 0.25) is 0 Å². The Labute approximate surface area is 453 Å². The molecule has 10 amide bonds. The Morgan fingerprint density at radius 2 is 0.731 bits per heavy atom. The van der Waals surface area contributed by atoms with Crippen LogP contribution in [-0.2, 0) is 62.3 Å². The van der Waals surface area contributed by atoms with Crippen LogP contribution in [0.3, 0.4) is 0 Å². The normalized spacial score (nSPS) is 15.9. The Hall–Kier alpha value is -7.01. The van der Waals surface area contributed by atoms with Crippen molar-refractivity contribution in [2.24, 2.45) is 41.1 Å². The van der Waals surface area contributed by atoms with Gasteiger partial charge in [0.2, 0.25) is 59.1 Å². The van der Waals surface area contributed by atoms with E-state index in [1.54, 1.807) is 55.4 Å². The molecule has 78 heavy (non-hydrogen) atoms. The molecule has 18 N–H and O–H groups in total. The summed E-state index contributed by atoms with van der Waals surface area (Å²) in [6.45, 7) is 14.4. The summed E-state index contributed by atoms with van der Waals surface area (Å²) in [5.41, 5.74) is 11.0. The maximum absolute atomic E-state index is 13.9. The van der Waals surface area contributed by atoms with E-state index in [1.165, 1.54) is 13.8 Å². The molecule has 0 aromatic rings. The number of rotatable bonds is 38. The first kappa shape index (κ1) is 71.0. The molecule has 0 radical (unpaired) electrons. The van der Waals surface area contributed by atoms with Crippen LogP contribution in [0.15, 0.2) is 0 Å². The van der Waals surface area contributed by atoms with E-state index in [-0.39, 0.29) is 31.1 Å². The van der Waals surface area contributed by atoms with Crippen molar-refractivity contribution in [2.75, 3.05) is 13.2 Å². The van der Waals surface area contributed by atoms with Crippen LogP contribution in [0.4, 0.5) is 0 Å². The molecule has 0 aliphatic rings. The number of nitrogens with one attached hydrogen (secondary N) is 9. The molecule has 0 aliphatic heterocycles. The minimum atomic E-state index is -1.82. The lowest BCUT2D eigenvalue weighted by atomic mass is 9.96. The molecule has 0 rings (SSSR count). The molecule has 0 aliphatic carbocycles. The number of primary amides is 1. The van der Waals surface area contributed by atoms with Crippen LogP contribution in [0.1, 0.15) is 127 Å². The van der Waals surface area contributed by atoms with Gasteiger partial charge < -0.3 is 84.9 Å². The van der Waals surface area contributed by atoms with E-state index >= 15 is 0 Å². The number of aliphatic hydroxyl groups is 2. The van der Waals surface area contributed by atoms with Gasteiger partial charge in [-0.25, -0.2) is 4.79 Å². The second kappa shape index (κ2) is 35.4. The lowest BCUT2D eigenvalue weighted by molar-refractivity contribution is -0.144. The highest BCUT2D eigenvalue weighted by Crippen LogP contribution is 2.15. The number of nitrogens with two attached hydrogens (primary N) is 2. The zero-order chi connectivity index (χ0) is 60.3. The van der Waals surface area contributed by atoms with Crippen LogP contribution in [0.25, 0.3) is 0 Å². The summed E-state index contributed by atoms with van der Waals surface area (Å²) >= 11 is 0. The zero-order valence-corrected chi connectivity index (χ0v) is 46.1. The van der Waals surface area contributed by atoms with Crippen molar-refractivity contribution in [2.45, 2.75) is 187 Å². The summed E-state index contributed by atoms with van der Waals surface area (Å²) in [7, 11) is 0. The minimum Gasteiger partial charge on any atom is -0.481 e. The largest absolute Gasteiger partial charge is 0.481 e. The van der Waals surface area contributed by atoms with Crippen molar-refractivity contribution >= 4 is 77.0 Å². The highest BCUT2D eigenvalue weighted by Gasteiger charge is 2.38. The third kappa shape index (κ3) is 25.9. The molecule has 0 fully saturated rings. The summed E-state index contributed by atoms with van der Waals surface area (Å²) in [6, 6.07) is -15.2. The Bertz CT molecular complexity index is 2090. The van der Waals surface area contributed by atoms with Crippen molar-refractivity contribution in [3.63, 3.8) is 0 Å². The highest BCUT2D eigenvalue weighted by atomic mass is 16.4. The smallest absolute Gasteiger partial charge is 0.326 e. The number of carbonyl (C=O) groups is 13. The molecule has 0 heterocycles. The van der Waals surface area contributed by atoms with E-state index in [0.717, 1.165) is 0 Å². The molecule has 12 atom stereocenters. The zero-order valence-electron chi connectivity index (χ0n) is 46.1. The molecule has 0 aromatic carbocycles. The number of aliphatic hydroxyl groups excluding tert-OH is 2. The van der Waals surface area contributed by atoms with Gasteiger partial charge in [0.15, 0.2) is 0 Å². The first-order valence-electron chi connectivity index (χ1n) is 25.9. The maximum Gasteiger partial charge on any atom is 0.326 e. The van der Waals surface area contributed by atoms with E-state index in [0.29, 0.717) is 12.8 Å². The van der Waals surface area contributed by atoms with Gasteiger partial charge in [-0.3, -0.25) is 57.5 Å². The van der Waals surface area contributed by atoms with Crippen LogP contribution in [0, 0.1) is 29.6 Å². The third-order valence-corrected chi connectivity index (χ3v) is 12.5. The van der Waals surface area contributed by atoms with E-state index in [4.69, 9.17) is 16.6 Å². The second-order valence-electron chi connectivity index (χ2n) is 20.4. The van der Waals surface area contributed by atoms with Gasteiger partial charge in [-0.15, -0.1) is 0 Å². The van der Waals surface area contributed by atoms with E-state index < -0.39 is 194 Å². The van der Waals surface area contributed by atoms with Gasteiger partial charge >= 0.3 is 17.9 Å². The molecule has 0 bridgehead atoms. The van der Waals surface area contributed by atoms with E-state index in [2.05, 4.69) is 47.9 Å². The van der Waals surface area contributed by atoms with Gasteiger partial charge in [0.05, 0.1) is 25.7 Å². The number of amides is 10. The Morgan fingerprint density at radius 3 is 1.08 bits per heavy atom. The lowest BCUT2D eigenvalue weighted by Gasteiger charge is -2.30. The molecule has 0 spiro atoms. The predicted octanol–water partition coefficient (Wildman–Crippen LogP) is -3.81. The summed E-state index contributed by atoms with van der Waals surface area (Å²) in [6.07, 6.45) is -2.10. The molecule has 29 nitrogen and oxygen atoms in total. The quantitative estimate of drug-likeness (QED) is 0.0282. The van der Waals surface area contributed by atoms with Crippen molar-refractivity contribution in [1.29, 1.82) is 0 Å². The standard InChI is InChI=1S/C49H85N11O18/c1-11-25(9)38(59-40(68)27(50)13-15-35(64)65)47(75)52-28(14-16-36(66)67)41(69)56-32(20-61)44(72)58-37(24(7)8)46(74)53-30(18-23(5)6)43(71)57-33(21-62)45(73)60-39(26(10)12-2)48(76)54-29(17-22(3)4)42(70)55-31(49(77)78)19-34(51)63/h22-33,37-39,61-62H,11-21,50H2,1-10H3,(H2,51,63)(H,52,75)(H,53,74)(H,54,76)(H,55,70)(H,56,69)(H,57,71)(H,58,72)(H,59,68)(H,60,73)(H,64,65)(H,66,67)(H,77,78)/t25-,26-,27-,28-,29-,30-,31-,32-,33-,37-,38-,39-/m0/s1. The number of carboxylic acids is 3. The fraction of sp³-hybridized carbons (Fsp3) is 0.735. The molecule has 444 valence electrons. The van der Waals surface area contributed by atoms with Crippen LogP contribution >= 0.6 is 0 Å². The number of carbonyl (C=O) groups excluding carboxylic acids is 10. The molecule has 0 saturated heterocycles. The van der Waals surface area contributed by atoms with Crippen LogP contribution < -0.4 is 59.3 Å². The average Bonchev–Trinajstić information content (AvgIpc) is 3.35. The number of carboxylic acid groups (broad SMARTS) is 3. The van der Waals surface area contributed by atoms with Gasteiger partial charge in [0.1, 0.15) is 54.4 Å². The lowest BCUT2D eigenvalue weighted by Crippen LogP contribution is -2.62. The van der Waals surface area contributed by atoms with Crippen molar-refractivity contribution in [1.82, 2.24) is 47.9 Å². The SMILES string of the molecule is CC[C@H](C)[C@H](NC(=O)[C@H](CO)NC(=O)[C@H](CC(C)C)NC(=O)[C@@H](NC(=O)[C@H](CO)NC(=O)[C@H](CCC(=O)O)NC(=O)[C@@H](NC(=O)[C@@H](N)CCC(=O)O)[C@@H](C)CC)C(C)C)C(=O)N[C@@H](CC(C)C)C(=O)N[C@@H](CC(N)=O)C(=O)O. The van der Waals surface area contributed by atoms with Crippen molar-refractivity contribution < 1.29 is 87.9 Å².